The van der Waals surface area contributed by atoms with Crippen LogP contribution in [0.25, 0.3) is 0 Å². The van der Waals surface area contributed by atoms with Gasteiger partial charge in [-0.2, -0.15) is 0 Å². The molecule has 344 valence electrons. The molecular formula is C51H62F4N4O5. The van der Waals surface area contributed by atoms with E-state index in [4.69, 9.17) is 0 Å². The zero-order chi connectivity index (χ0) is 46.4. The molecular weight excluding hydrogens is 825 g/mol. The molecule has 6 atom stereocenters. The van der Waals surface area contributed by atoms with Crippen LogP contribution in [0.15, 0.2) is 72.8 Å². The second kappa shape index (κ2) is 21.4. The van der Waals surface area contributed by atoms with E-state index in [1.165, 1.54) is 24.3 Å². The summed E-state index contributed by atoms with van der Waals surface area (Å²) in [6, 6.07) is 15.4. The van der Waals surface area contributed by atoms with Crippen LogP contribution < -0.4 is 0 Å². The number of hydrogen-bond acceptors (Lipinski definition) is 9. The topological polar surface area (TPSA) is 105 Å². The zero-order valence-electron chi connectivity index (χ0n) is 37.8. The van der Waals surface area contributed by atoms with Gasteiger partial charge in [-0.1, -0.05) is 24.3 Å². The van der Waals surface area contributed by atoms with Gasteiger partial charge in [0, 0.05) is 61.7 Å². The van der Waals surface area contributed by atoms with Crippen LogP contribution in [-0.4, -0.2) is 128 Å². The van der Waals surface area contributed by atoms with E-state index in [0.717, 1.165) is 75.2 Å². The lowest BCUT2D eigenvalue weighted by Gasteiger charge is -2.48. The Morgan fingerprint density at radius 2 is 0.938 bits per heavy atom. The second-order valence-corrected chi connectivity index (χ2v) is 18.4. The van der Waals surface area contributed by atoms with Crippen molar-refractivity contribution >= 4 is 17.3 Å². The number of unbranched alkanes of at least 4 members (excludes halogenated alkanes) is 2. The fraction of sp³-hybridized carbons (Fsp3) is 0.471. The average molecular weight is 887 g/mol. The van der Waals surface area contributed by atoms with Gasteiger partial charge in [-0.3, -0.25) is 14.4 Å². The van der Waals surface area contributed by atoms with Crippen molar-refractivity contribution in [1.82, 2.24) is 19.6 Å². The maximum absolute atomic E-state index is 16.2. The first-order valence-corrected chi connectivity index (χ1v) is 22.3. The minimum absolute atomic E-state index is 0.135. The highest BCUT2D eigenvalue weighted by Gasteiger charge is 2.52. The summed E-state index contributed by atoms with van der Waals surface area (Å²) in [5.41, 5.74) is 0.827. The summed E-state index contributed by atoms with van der Waals surface area (Å²) < 4.78 is 61.1. The lowest BCUT2D eigenvalue weighted by Crippen LogP contribution is -2.56. The monoisotopic (exact) mass is 886 g/mol. The first-order chi connectivity index (χ1) is 30.5. The number of piperidine rings is 2. The van der Waals surface area contributed by atoms with Crippen LogP contribution in [0.4, 0.5) is 17.6 Å². The maximum Gasteiger partial charge on any atom is 0.171 e. The van der Waals surface area contributed by atoms with E-state index in [-0.39, 0.29) is 54.2 Å². The minimum atomic E-state index is -1.05. The minimum Gasteiger partial charge on any atom is -0.507 e. The maximum atomic E-state index is 16.2. The number of benzene rings is 4. The Labute approximate surface area is 374 Å². The summed E-state index contributed by atoms with van der Waals surface area (Å²) in [5.74, 6) is -10.9. The van der Waals surface area contributed by atoms with Crippen molar-refractivity contribution in [3.05, 3.63) is 129 Å². The van der Waals surface area contributed by atoms with Crippen molar-refractivity contribution < 1.29 is 42.2 Å². The molecule has 2 N–H and O–H groups in total. The SMILES string of the molecule is Cc1c(F)cccc1C1C(C(=O)c2cc(F)ccc2O)CN(CCCCN(C)C)CC1C(=O)[C@@H]1CN(CCCCN(C)C)C[C@H](C(=O)c2cc(F)ccc2O)[C@@H]1c1cccc(F)c1C. The molecule has 2 fully saturated rings. The molecule has 2 aliphatic rings. The smallest absolute Gasteiger partial charge is 0.171 e. The fourth-order valence-corrected chi connectivity index (χ4v) is 10.1. The number of nitrogens with zero attached hydrogens (tertiary/aromatic N) is 4. The van der Waals surface area contributed by atoms with Crippen molar-refractivity contribution in [3.8, 4) is 11.5 Å². The predicted octanol–water partition coefficient (Wildman–Crippen LogP) is 8.25. The van der Waals surface area contributed by atoms with Crippen LogP contribution in [0, 0.1) is 60.8 Å². The van der Waals surface area contributed by atoms with E-state index in [1.807, 2.05) is 38.0 Å². The molecule has 2 saturated heterocycles. The number of phenolic OH excluding ortho intramolecular Hbond substituents is 2. The van der Waals surface area contributed by atoms with E-state index < -0.39 is 81.8 Å². The molecule has 3 unspecified atom stereocenters. The second-order valence-electron chi connectivity index (χ2n) is 18.4. The fourth-order valence-electron chi connectivity index (χ4n) is 10.1. The first kappa shape index (κ1) is 48.5. The van der Waals surface area contributed by atoms with Gasteiger partial charge in [0.25, 0.3) is 0 Å². The largest absolute Gasteiger partial charge is 0.507 e. The van der Waals surface area contributed by atoms with E-state index in [0.29, 0.717) is 24.2 Å². The quantitative estimate of drug-likeness (QED) is 0.0581. The summed E-state index contributed by atoms with van der Waals surface area (Å²) in [6.07, 6.45) is 3.08. The highest BCUT2D eigenvalue weighted by molar-refractivity contribution is 6.03. The number of Topliss-reactive ketones (excluding diaryl/α,β-unsaturated/α-hetero) is 3. The van der Waals surface area contributed by atoms with E-state index >= 15 is 13.6 Å². The Hall–Kier alpha value is -4.95. The van der Waals surface area contributed by atoms with Gasteiger partial charge in [-0.15, -0.1) is 0 Å². The molecule has 4 aromatic rings. The van der Waals surface area contributed by atoms with Gasteiger partial charge in [-0.05, 0) is 165 Å². The van der Waals surface area contributed by atoms with Gasteiger partial charge < -0.3 is 29.8 Å². The van der Waals surface area contributed by atoms with Gasteiger partial charge in [0.05, 0.1) is 11.1 Å². The van der Waals surface area contributed by atoms with E-state index in [2.05, 4.69) is 9.80 Å². The molecule has 0 spiro atoms. The Kier molecular flexibility index (Phi) is 16.2. The molecule has 4 aromatic carbocycles. The van der Waals surface area contributed by atoms with Crippen molar-refractivity contribution in [2.24, 2.45) is 23.7 Å². The predicted molar refractivity (Wildman–Crippen MR) is 240 cm³/mol. The number of ketones is 3. The number of halogens is 4. The van der Waals surface area contributed by atoms with Gasteiger partial charge in [0.15, 0.2) is 11.6 Å². The number of carbonyl (C=O) groups excluding carboxylic acids is 3. The molecule has 2 aliphatic heterocycles. The standard InChI is InChI=1S/C51H62F4N4O5/c1-31-35(13-11-15-43(31)54)47-39(49(62)37-25-33(52)17-19-45(37)60)27-58(23-9-7-21-56(3)4)29-41(47)51(64)42-30-59(24-10-8-22-57(5)6)28-40(48(42)36-14-12-16-44(55)32(36)2)50(63)38-26-34(53)18-20-46(38)61/h11-20,25-26,39-42,47-48,60-61H,7-10,21-24,27-30H2,1-6H3/t39-,40?,41+,42?,47-,48?/m0/s1. The number of likely N-dealkylation sites (tertiary alicyclic amines) is 2. The first-order valence-electron chi connectivity index (χ1n) is 22.3. The van der Waals surface area contributed by atoms with Crippen molar-refractivity contribution in [1.29, 1.82) is 0 Å². The van der Waals surface area contributed by atoms with Crippen LogP contribution >= 0.6 is 0 Å². The number of hydrogen-bond donors (Lipinski definition) is 2. The highest BCUT2D eigenvalue weighted by Crippen LogP contribution is 2.48. The Morgan fingerprint density at radius 3 is 1.31 bits per heavy atom. The number of carbonyl (C=O) groups is 3. The highest BCUT2D eigenvalue weighted by atomic mass is 19.1. The molecule has 0 saturated carbocycles. The molecule has 0 radical (unpaired) electrons. The van der Waals surface area contributed by atoms with E-state index in [9.17, 15) is 28.6 Å². The number of aromatic hydroxyl groups is 2. The Bertz CT molecular complexity index is 2150. The molecule has 0 aliphatic carbocycles. The van der Waals surface area contributed by atoms with Crippen LogP contribution in [0.5, 0.6) is 11.5 Å². The summed E-state index contributed by atoms with van der Waals surface area (Å²) in [6.45, 7) is 6.39. The Morgan fingerprint density at radius 1 is 0.562 bits per heavy atom. The third-order valence-corrected chi connectivity index (χ3v) is 13.4. The van der Waals surface area contributed by atoms with Crippen LogP contribution in [0.2, 0.25) is 0 Å². The number of rotatable bonds is 18. The molecule has 64 heavy (non-hydrogen) atoms. The van der Waals surface area contributed by atoms with Crippen molar-refractivity contribution in [3.63, 3.8) is 0 Å². The number of phenols is 2. The van der Waals surface area contributed by atoms with E-state index in [1.54, 1.807) is 26.0 Å². The molecule has 0 aromatic heterocycles. The summed E-state index contributed by atoms with van der Waals surface area (Å²) in [5, 5.41) is 22.0. The molecule has 6 rings (SSSR count). The normalized spacial score (nSPS) is 22.0. The third kappa shape index (κ3) is 11.1. The lowest BCUT2D eigenvalue weighted by molar-refractivity contribution is -0.133. The summed E-state index contributed by atoms with van der Waals surface area (Å²) >= 11 is 0. The lowest BCUT2D eigenvalue weighted by atomic mass is 9.62. The van der Waals surface area contributed by atoms with Crippen LogP contribution in [0.3, 0.4) is 0 Å². The van der Waals surface area contributed by atoms with Gasteiger partial charge >= 0.3 is 0 Å². The van der Waals surface area contributed by atoms with Crippen LogP contribution in [-0.2, 0) is 4.79 Å². The third-order valence-electron chi connectivity index (χ3n) is 13.4. The van der Waals surface area contributed by atoms with Gasteiger partial charge in [0.2, 0.25) is 0 Å². The molecule has 2 heterocycles. The zero-order valence-corrected chi connectivity index (χ0v) is 37.8. The van der Waals surface area contributed by atoms with Gasteiger partial charge in [0.1, 0.15) is 40.6 Å². The molecule has 0 bridgehead atoms. The average Bonchev–Trinajstić information content (AvgIpc) is 3.26. The van der Waals surface area contributed by atoms with Gasteiger partial charge in [-0.25, -0.2) is 17.6 Å². The van der Waals surface area contributed by atoms with Crippen molar-refractivity contribution in [2.45, 2.75) is 51.4 Å². The van der Waals surface area contributed by atoms with Crippen LogP contribution in [0.1, 0.15) is 80.5 Å². The summed E-state index contributed by atoms with van der Waals surface area (Å²) in [7, 11) is 7.90. The summed E-state index contributed by atoms with van der Waals surface area (Å²) in [4.78, 5) is 54.2. The molecule has 9 nitrogen and oxygen atoms in total. The van der Waals surface area contributed by atoms with Crippen molar-refractivity contribution in [2.75, 3.05) is 80.5 Å². The Balaban J connectivity index is 1.54. The molecule has 13 heteroatoms. The molecule has 0 amide bonds.